The lowest BCUT2D eigenvalue weighted by Gasteiger charge is -2.22. The van der Waals surface area contributed by atoms with Gasteiger partial charge in [-0.15, -0.1) is 0 Å². The molecule has 0 aromatic heterocycles. The van der Waals surface area contributed by atoms with Gasteiger partial charge in [-0.25, -0.2) is 4.79 Å². The fourth-order valence-electron chi connectivity index (χ4n) is 2.91. The van der Waals surface area contributed by atoms with Crippen LogP contribution in [0.5, 0.6) is 5.75 Å². The van der Waals surface area contributed by atoms with Crippen LogP contribution in [-0.4, -0.2) is 42.6 Å². The van der Waals surface area contributed by atoms with Crippen molar-refractivity contribution in [3.63, 3.8) is 0 Å². The zero-order chi connectivity index (χ0) is 18.7. The first-order valence-electron chi connectivity index (χ1n) is 8.22. The van der Waals surface area contributed by atoms with E-state index in [1.54, 1.807) is 19.9 Å². The number of ether oxygens (including phenoxy) is 1. The van der Waals surface area contributed by atoms with Crippen LogP contribution in [0.2, 0.25) is 0 Å². The first kappa shape index (κ1) is 18.8. The minimum atomic E-state index is -1.08. The normalized spacial score (nSPS) is 18.4. The molecule has 0 spiro atoms. The minimum absolute atomic E-state index is 0.0490. The molecular formula is C18H24N2O5. The Morgan fingerprint density at radius 1 is 1.36 bits per heavy atom. The van der Waals surface area contributed by atoms with Crippen molar-refractivity contribution >= 4 is 23.5 Å². The lowest BCUT2D eigenvalue weighted by Crippen LogP contribution is -2.47. The zero-order valence-electron chi connectivity index (χ0n) is 14.9. The average Bonchev–Trinajstić information content (AvgIpc) is 2.93. The van der Waals surface area contributed by atoms with Gasteiger partial charge < -0.3 is 20.1 Å². The van der Waals surface area contributed by atoms with Crippen molar-refractivity contribution in [2.24, 2.45) is 11.8 Å². The Kier molecular flexibility index (Phi) is 5.66. The summed E-state index contributed by atoms with van der Waals surface area (Å²) in [5.74, 6) is -1.94. The first-order chi connectivity index (χ1) is 11.7. The van der Waals surface area contributed by atoms with E-state index in [2.05, 4.69) is 5.32 Å². The lowest BCUT2D eigenvalue weighted by atomic mass is 10.0. The molecule has 7 nitrogen and oxygen atoms in total. The number of methoxy groups -OCH3 is 1. The molecule has 25 heavy (non-hydrogen) atoms. The molecule has 2 rings (SSSR count). The molecule has 1 aliphatic rings. The minimum Gasteiger partial charge on any atom is -0.495 e. The van der Waals surface area contributed by atoms with Gasteiger partial charge in [0.25, 0.3) is 0 Å². The molecule has 0 bridgehead atoms. The van der Waals surface area contributed by atoms with Crippen molar-refractivity contribution in [1.82, 2.24) is 5.32 Å². The number of carbonyl (C=O) groups is 3. The summed E-state index contributed by atoms with van der Waals surface area (Å²) in [5.41, 5.74) is 1.60. The lowest BCUT2D eigenvalue weighted by molar-refractivity contribution is -0.143. The quantitative estimate of drug-likeness (QED) is 0.814. The number of rotatable bonds is 6. The van der Waals surface area contributed by atoms with Crippen LogP contribution in [0.4, 0.5) is 5.69 Å². The Labute approximate surface area is 147 Å². The van der Waals surface area contributed by atoms with Crippen LogP contribution >= 0.6 is 0 Å². The van der Waals surface area contributed by atoms with Gasteiger partial charge in [0.15, 0.2) is 0 Å². The van der Waals surface area contributed by atoms with E-state index in [9.17, 15) is 19.5 Å². The van der Waals surface area contributed by atoms with Gasteiger partial charge >= 0.3 is 5.97 Å². The highest BCUT2D eigenvalue weighted by Gasteiger charge is 2.38. The molecular weight excluding hydrogens is 324 g/mol. The van der Waals surface area contributed by atoms with Gasteiger partial charge in [0.1, 0.15) is 11.8 Å². The van der Waals surface area contributed by atoms with Crippen LogP contribution in [0.25, 0.3) is 0 Å². The number of nitrogens with one attached hydrogen (secondary N) is 1. The number of hydrogen-bond donors (Lipinski definition) is 2. The van der Waals surface area contributed by atoms with E-state index < -0.39 is 23.8 Å². The molecule has 1 saturated heterocycles. The van der Waals surface area contributed by atoms with Crippen molar-refractivity contribution in [2.75, 3.05) is 18.6 Å². The monoisotopic (exact) mass is 348 g/mol. The average molecular weight is 348 g/mol. The van der Waals surface area contributed by atoms with Crippen LogP contribution in [0.15, 0.2) is 18.2 Å². The van der Waals surface area contributed by atoms with Crippen molar-refractivity contribution < 1.29 is 24.2 Å². The Morgan fingerprint density at radius 2 is 2.04 bits per heavy atom. The van der Waals surface area contributed by atoms with Crippen LogP contribution in [0.3, 0.4) is 0 Å². The van der Waals surface area contributed by atoms with E-state index in [1.807, 2.05) is 19.1 Å². The third-order valence-corrected chi connectivity index (χ3v) is 4.35. The summed E-state index contributed by atoms with van der Waals surface area (Å²) in [4.78, 5) is 37.6. The van der Waals surface area contributed by atoms with Crippen LogP contribution in [0, 0.1) is 18.8 Å². The molecule has 2 atom stereocenters. The highest BCUT2D eigenvalue weighted by atomic mass is 16.5. The number of hydrogen-bond acceptors (Lipinski definition) is 4. The van der Waals surface area contributed by atoms with E-state index >= 15 is 0 Å². The van der Waals surface area contributed by atoms with E-state index in [0.717, 1.165) is 5.56 Å². The highest BCUT2D eigenvalue weighted by Crippen LogP contribution is 2.34. The Balaban J connectivity index is 2.16. The van der Waals surface area contributed by atoms with E-state index in [0.29, 0.717) is 11.4 Å². The number of nitrogens with zero attached hydrogens (tertiary/aromatic N) is 1. The number of carboxylic acid groups (broad SMARTS) is 1. The van der Waals surface area contributed by atoms with Gasteiger partial charge in [0, 0.05) is 13.0 Å². The van der Waals surface area contributed by atoms with Crippen LogP contribution in [-0.2, 0) is 14.4 Å². The molecule has 136 valence electrons. The number of anilines is 1. The number of amides is 2. The highest BCUT2D eigenvalue weighted by molar-refractivity contribution is 6.01. The molecule has 1 aromatic carbocycles. The maximum absolute atomic E-state index is 12.4. The van der Waals surface area contributed by atoms with Gasteiger partial charge in [-0.1, -0.05) is 19.9 Å². The maximum Gasteiger partial charge on any atom is 0.326 e. The van der Waals surface area contributed by atoms with E-state index in [1.165, 1.54) is 12.0 Å². The SMILES string of the molecule is COc1ccc(C)cc1N1CC(C(=O)N[C@H](C(=O)O)C(C)C)CC1=O. The van der Waals surface area contributed by atoms with Gasteiger partial charge in [-0.05, 0) is 30.5 Å². The van der Waals surface area contributed by atoms with Crippen LogP contribution < -0.4 is 15.0 Å². The molecule has 1 fully saturated rings. The first-order valence-corrected chi connectivity index (χ1v) is 8.22. The number of aryl methyl sites for hydroxylation is 1. The maximum atomic E-state index is 12.4. The predicted octanol–water partition coefficient (Wildman–Crippen LogP) is 1.58. The smallest absolute Gasteiger partial charge is 0.326 e. The van der Waals surface area contributed by atoms with Crippen molar-refractivity contribution in [1.29, 1.82) is 0 Å². The number of benzene rings is 1. The molecule has 2 N–H and O–H groups in total. The summed E-state index contributed by atoms with van der Waals surface area (Å²) in [6.07, 6.45) is 0.0490. The Hall–Kier alpha value is -2.57. The van der Waals surface area contributed by atoms with Gasteiger partial charge in [-0.2, -0.15) is 0 Å². The second-order valence-electron chi connectivity index (χ2n) is 6.65. The Morgan fingerprint density at radius 3 is 2.60 bits per heavy atom. The van der Waals surface area contributed by atoms with Crippen LogP contribution in [0.1, 0.15) is 25.8 Å². The van der Waals surface area contributed by atoms with Crippen molar-refractivity contribution in [3.8, 4) is 5.75 Å². The van der Waals surface area contributed by atoms with E-state index in [-0.39, 0.29) is 24.8 Å². The Bertz CT molecular complexity index is 686. The molecule has 1 heterocycles. The van der Waals surface area contributed by atoms with Gasteiger partial charge in [0.2, 0.25) is 11.8 Å². The largest absolute Gasteiger partial charge is 0.495 e. The summed E-state index contributed by atoms with van der Waals surface area (Å²) >= 11 is 0. The molecule has 1 unspecified atom stereocenters. The third kappa shape index (κ3) is 4.10. The molecule has 7 heteroatoms. The van der Waals surface area contributed by atoms with Crippen molar-refractivity contribution in [3.05, 3.63) is 23.8 Å². The van der Waals surface area contributed by atoms with E-state index in [4.69, 9.17) is 4.74 Å². The zero-order valence-corrected chi connectivity index (χ0v) is 14.9. The number of carbonyl (C=O) groups excluding carboxylic acids is 2. The second kappa shape index (κ2) is 7.55. The van der Waals surface area contributed by atoms with Gasteiger partial charge in [-0.3, -0.25) is 9.59 Å². The summed E-state index contributed by atoms with van der Waals surface area (Å²) in [5, 5.41) is 11.7. The standard InChI is InChI=1S/C18H24N2O5/c1-10(2)16(18(23)24)19-17(22)12-8-15(21)20(9-12)13-7-11(3)5-6-14(13)25-4/h5-7,10,12,16H,8-9H2,1-4H3,(H,19,22)(H,23,24)/t12?,16-/m0/s1. The topological polar surface area (TPSA) is 95.9 Å². The molecule has 1 aromatic rings. The molecule has 0 radical (unpaired) electrons. The molecule has 1 aliphatic heterocycles. The predicted molar refractivity (Wildman–Crippen MR) is 92.6 cm³/mol. The summed E-state index contributed by atoms with van der Waals surface area (Å²) in [6, 6.07) is 4.54. The fraction of sp³-hybridized carbons (Fsp3) is 0.500. The van der Waals surface area contributed by atoms with Crippen molar-refractivity contribution in [2.45, 2.75) is 33.2 Å². The van der Waals surface area contributed by atoms with Gasteiger partial charge in [0.05, 0.1) is 18.7 Å². The molecule has 2 amide bonds. The fourth-order valence-corrected chi connectivity index (χ4v) is 2.91. The third-order valence-electron chi connectivity index (χ3n) is 4.35. The molecule has 0 aliphatic carbocycles. The second-order valence-corrected chi connectivity index (χ2v) is 6.65. The molecule has 0 saturated carbocycles. The number of carboxylic acids is 1. The number of aliphatic carboxylic acids is 1. The summed E-state index contributed by atoms with van der Waals surface area (Å²) < 4.78 is 5.31. The summed E-state index contributed by atoms with van der Waals surface area (Å²) in [7, 11) is 1.53. The summed E-state index contributed by atoms with van der Waals surface area (Å²) in [6.45, 7) is 5.56.